The van der Waals surface area contributed by atoms with Gasteiger partial charge in [-0.3, -0.25) is 4.79 Å². The number of H-pyrrole nitrogens is 2. The number of nitrogens with zero attached hydrogens (tertiary/aromatic N) is 3. The molecule has 21 heavy (non-hydrogen) atoms. The minimum absolute atomic E-state index is 0.0634. The molecule has 0 fully saturated rings. The molecule has 110 valence electrons. The number of hydrogen-bond donors (Lipinski definition) is 4. The van der Waals surface area contributed by atoms with E-state index in [1.165, 1.54) is 0 Å². The van der Waals surface area contributed by atoms with Gasteiger partial charge in [0.2, 0.25) is 5.95 Å². The lowest BCUT2D eigenvalue weighted by molar-refractivity contribution is 0.953. The van der Waals surface area contributed by atoms with E-state index in [-0.39, 0.29) is 4.87 Å². The molecule has 0 aromatic carbocycles. The molecule has 0 saturated heterocycles. The molecule has 3 rings (SSSR count). The number of nitrogens with one attached hydrogen (secondary N) is 4. The first-order valence-electron chi connectivity index (χ1n) is 6.62. The van der Waals surface area contributed by atoms with E-state index < -0.39 is 0 Å². The Morgan fingerprint density at radius 3 is 3.00 bits per heavy atom. The number of thiazole rings is 1. The molecular formula is C12H15N7OS. The highest BCUT2D eigenvalue weighted by Gasteiger charge is 2.09. The lowest BCUT2D eigenvalue weighted by Gasteiger charge is -2.08. The number of anilines is 2. The monoisotopic (exact) mass is 305 g/mol. The third kappa shape index (κ3) is 3.02. The molecule has 0 saturated carbocycles. The molecule has 0 atom stereocenters. The Labute approximate surface area is 124 Å². The second kappa shape index (κ2) is 5.92. The van der Waals surface area contributed by atoms with Crippen molar-refractivity contribution in [2.45, 2.75) is 19.9 Å². The van der Waals surface area contributed by atoms with Crippen LogP contribution in [0.4, 0.5) is 11.8 Å². The summed E-state index contributed by atoms with van der Waals surface area (Å²) in [6.07, 6.45) is 2.57. The summed E-state index contributed by atoms with van der Waals surface area (Å²) in [5.74, 6) is 1.20. The van der Waals surface area contributed by atoms with E-state index in [9.17, 15) is 4.79 Å². The molecule has 3 heterocycles. The van der Waals surface area contributed by atoms with Gasteiger partial charge in [-0.2, -0.15) is 9.97 Å². The number of aromatic amines is 2. The largest absolute Gasteiger partial charge is 0.363 e. The highest BCUT2D eigenvalue weighted by atomic mass is 32.1. The van der Waals surface area contributed by atoms with Crippen molar-refractivity contribution >= 4 is 34.3 Å². The average Bonchev–Trinajstić information content (AvgIpc) is 3.11. The zero-order chi connectivity index (χ0) is 14.7. The predicted molar refractivity (Wildman–Crippen MR) is 82.7 cm³/mol. The van der Waals surface area contributed by atoms with E-state index in [4.69, 9.17) is 0 Å². The molecule has 3 aromatic heterocycles. The molecule has 0 aliphatic heterocycles. The normalized spacial score (nSPS) is 10.9. The van der Waals surface area contributed by atoms with Gasteiger partial charge in [0.15, 0.2) is 11.5 Å². The van der Waals surface area contributed by atoms with Crippen LogP contribution in [0.25, 0.3) is 11.2 Å². The van der Waals surface area contributed by atoms with Gasteiger partial charge in [0.25, 0.3) is 0 Å². The van der Waals surface area contributed by atoms with E-state index >= 15 is 0 Å². The maximum atomic E-state index is 11.1. The van der Waals surface area contributed by atoms with Gasteiger partial charge in [-0.25, -0.2) is 4.98 Å². The molecule has 0 bridgehead atoms. The third-order valence-corrected chi connectivity index (χ3v) is 3.55. The number of fused-ring (bicyclic) bond motifs is 1. The quantitative estimate of drug-likeness (QED) is 0.549. The summed E-state index contributed by atoms with van der Waals surface area (Å²) in [5.41, 5.74) is 2.17. The predicted octanol–water partition coefficient (Wildman–Crippen LogP) is 1.54. The summed E-state index contributed by atoms with van der Waals surface area (Å²) in [6.45, 7) is 3.36. The van der Waals surface area contributed by atoms with Crippen LogP contribution >= 0.6 is 11.3 Å². The Hall–Kier alpha value is -2.42. The summed E-state index contributed by atoms with van der Waals surface area (Å²) in [6, 6.07) is 0. The fourth-order valence-electron chi connectivity index (χ4n) is 1.86. The lowest BCUT2D eigenvalue weighted by atomic mass is 10.4. The summed E-state index contributed by atoms with van der Waals surface area (Å²) < 4.78 is 0. The first-order valence-corrected chi connectivity index (χ1v) is 7.49. The fraction of sp³-hybridized carbons (Fsp3) is 0.333. The molecule has 0 unspecified atom stereocenters. The van der Waals surface area contributed by atoms with Crippen molar-refractivity contribution in [3.05, 3.63) is 27.1 Å². The van der Waals surface area contributed by atoms with Gasteiger partial charge in [0, 0.05) is 17.6 Å². The van der Waals surface area contributed by atoms with Crippen molar-refractivity contribution in [3.8, 4) is 0 Å². The Morgan fingerprint density at radius 1 is 1.33 bits per heavy atom. The number of imidazole rings is 1. The number of aromatic nitrogens is 5. The highest BCUT2D eigenvalue weighted by molar-refractivity contribution is 7.07. The van der Waals surface area contributed by atoms with Crippen LogP contribution in [0.5, 0.6) is 0 Å². The number of hydrogen-bond acceptors (Lipinski definition) is 7. The second-order valence-electron chi connectivity index (χ2n) is 4.45. The van der Waals surface area contributed by atoms with E-state index in [1.54, 1.807) is 11.7 Å². The summed E-state index contributed by atoms with van der Waals surface area (Å²) in [7, 11) is 0. The van der Waals surface area contributed by atoms with E-state index in [1.807, 2.05) is 0 Å². The van der Waals surface area contributed by atoms with Crippen LogP contribution in [-0.2, 0) is 6.54 Å². The van der Waals surface area contributed by atoms with Crippen molar-refractivity contribution in [2.24, 2.45) is 0 Å². The van der Waals surface area contributed by atoms with Crippen LogP contribution < -0.4 is 15.5 Å². The van der Waals surface area contributed by atoms with Crippen LogP contribution in [0.15, 0.2) is 16.5 Å². The Morgan fingerprint density at radius 2 is 2.24 bits per heavy atom. The minimum atomic E-state index is -0.0634. The SMILES string of the molecule is CCCNc1nc(NCc2csc(=O)[nH]2)c2[nH]cnc2n1. The fourth-order valence-corrected chi connectivity index (χ4v) is 2.44. The average molecular weight is 305 g/mol. The zero-order valence-electron chi connectivity index (χ0n) is 11.4. The van der Waals surface area contributed by atoms with Crippen molar-refractivity contribution in [3.63, 3.8) is 0 Å². The molecule has 9 heteroatoms. The Kier molecular flexibility index (Phi) is 3.82. The molecule has 0 radical (unpaired) electrons. The van der Waals surface area contributed by atoms with E-state index in [2.05, 4.69) is 42.5 Å². The highest BCUT2D eigenvalue weighted by Crippen LogP contribution is 2.19. The Balaban J connectivity index is 1.84. The first-order chi connectivity index (χ1) is 10.3. The third-order valence-electron chi connectivity index (χ3n) is 2.84. The van der Waals surface area contributed by atoms with Gasteiger partial charge in [-0.05, 0) is 6.42 Å². The van der Waals surface area contributed by atoms with Crippen LogP contribution in [0.2, 0.25) is 0 Å². The first kappa shape index (κ1) is 13.6. The van der Waals surface area contributed by atoms with Gasteiger partial charge < -0.3 is 20.6 Å². The zero-order valence-corrected chi connectivity index (χ0v) is 12.3. The van der Waals surface area contributed by atoms with Crippen LogP contribution in [0.3, 0.4) is 0 Å². The molecule has 0 spiro atoms. The number of rotatable bonds is 6. The van der Waals surface area contributed by atoms with Crippen molar-refractivity contribution < 1.29 is 0 Å². The summed E-state index contributed by atoms with van der Waals surface area (Å²) in [5, 5.41) is 8.13. The van der Waals surface area contributed by atoms with Crippen molar-refractivity contribution in [1.29, 1.82) is 0 Å². The van der Waals surface area contributed by atoms with Crippen LogP contribution in [0.1, 0.15) is 19.0 Å². The van der Waals surface area contributed by atoms with E-state index in [0.717, 1.165) is 35.5 Å². The molecular weight excluding hydrogens is 290 g/mol. The standard InChI is InChI=1S/C12H15N7OS/c1-2-3-13-11-18-9(8-10(19-11)16-6-15-8)14-4-7-5-21-12(20)17-7/h5-6H,2-4H2,1H3,(H,17,20)(H3,13,14,15,16,18,19). The minimum Gasteiger partial charge on any atom is -0.363 e. The van der Waals surface area contributed by atoms with Gasteiger partial charge >= 0.3 is 4.87 Å². The smallest absolute Gasteiger partial charge is 0.304 e. The van der Waals surface area contributed by atoms with Gasteiger partial charge in [-0.15, -0.1) is 0 Å². The van der Waals surface area contributed by atoms with E-state index in [0.29, 0.717) is 24.0 Å². The van der Waals surface area contributed by atoms with Gasteiger partial charge in [0.1, 0.15) is 5.52 Å². The molecule has 0 aliphatic rings. The molecule has 0 aliphatic carbocycles. The second-order valence-corrected chi connectivity index (χ2v) is 5.29. The van der Waals surface area contributed by atoms with Gasteiger partial charge in [0.05, 0.1) is 12.9 Å². The van der Waals surface area contributed by atoms with Gasteiger partial charge in [-0.1, -0.05) is 18.3 Å². The molecule has 0 amide bonds. The Bertz CT molecular complexity index is 790. The van der Waals surface area contributed by atoms with Crippen LogP contribution in [-0.4, -0.2) is 31.5 Å². The summed E-state index contributed by atoms with van der Waals surface area (Å²) in [4.78, 5) is 29.8. The lowest BCUT2D eigenvalue weighted by Crippen LogP contribution is -2.09. The maximum absolute atomic E-state index is 11.1. The molecule has 3 aromatic rings. The van der Waals surface area contributed by atoms with Crippen LogP contribution in [0, 0.1) is 0 Å². The molecule has 8 nitrogen and oxygen atoms in total. The van der Waals surface area contributed by atoms with Crippen molar-refractivity contribution in [1.82, 2.24) is 24.9 Å². The summed E-state index contributed by atoms with van der Waals surface area (Å²) >= 11 is 1.14. The molecule has 4 N–H and O–H groups in total. The maximum Gasteiger partial charge on any atom is 0.304 e. The topological polar surface area (TPSA) is 111 Å². The van der Waals surface area contributed by atoms with Crippen molar-refractivity contribution in [2.75, 3.05) is 17.2 Å².